The van der Waals surface area contributed by atoms with E-state index >= 15 is 0 Å². The summed E-state index contributed by atoms with van der Waals surface area (Å²) in [5.41, 5.74) is 2.70. The maximum atomic E-state index is 13.0. The SMILES string of the molecule is Cc1ccc(NC(=O)C(C)n2nnc3sc4c(c3c2=O)CCCC4)cc1. The minimum absolute atomic E-state index is 0.221. The van der Waals surface area contributed by atoms with E-state index < -0.39 is 6.04 Å². The van der Waals surface area contributed by atoms with E-state index in [1.165, 1.54) is 9.56 Å². The molecule has 1 aromatic carbocycles. The summed E-state index contributed by atoms with van der Waals surface area (Å²) in [6, 6.07) is 6.80. The summed E-state index contributed by atoms with van der Waals surface area (Å²) in [6.07, 6.45) is 4.14. The number of aryl methyl sites for hydroxylation is 3. The molecular formula is C19H20N4O2S. The van der Waals surface area contributed by atoms with Gasteiger partial charge in [-0.25, -0.2) is 0 Å². The first-order chi connectivity index (χ1) is 12.5. The maximum Gasteiger partial charge on any atom is 0.279 e. The second-order valence-corrected chi connectivity index (χ2v) is 7.85. The van der Waals surface area contributed by atoms with Crippen LogP contribution in [-0.4, -0.2) is 20.9 Å². The van der Waals surface area contributed by atoms with Gasteiger partial charge in [0, 0.05) is 10.6 Å². The lowest BCUT2D eigenvalue weighted by atomic mass is 9.97. The molecule has 26 heavy (non-hydrogen) atoms. The number of aromatic nitrogens is 3. The minimum atomic E-state index is -0.736. The standard InChI is InChI=1S/C19H20N4O2S/c1-11-7-9-13(10-8-11)20-17(24)12(2)23-19(25)16-14-5-3-4-6-15(14)26-18(16)21-22-23/h7-10,12H,3-6H2,1-2H3,(H,20,24). The minimum Gasteiger partial charge on any atom is -0.324 e. The van der Waals surface area contributed by atoms with Gasteiger partial charge in [0.1, 0.15) is 6.04 Å². The van der Waals surface area contributed by atoms with Gasteiger partial charge in [-0.05, 0) is 57.2 Å². The van der Waals surface area contributed by atoms with Crippen molar-refractivity contribution in [2.75, 3.05) is 5.32 Å². The zero-order chi connectivity index (χ0) is 18.3. The highest BCUT2D eigenvalue weighted by Gasteiger charge is 2.24. The number of hydrogen-bond donors (Lipinski definition) is 1. The predicted molar refractivity (Wildman–Crippen MR) is 103 cm³/mol. The summed E-state index contributed by atoms with van der Waals surface area (Å²) in [6.45, 7) is 3.66. The molecule has 2 aromatic heterocycles. The van der Waals surface area contributed by atoms with E-state index in [4.69, 9.17) is 0 Å². The Balaban J connectivity index is 1.67. The molecule has 1 aliphatic carbocycles. The molecule has 134 valence electrons. The average molecular weight is 368 g/mol. The number of carbonyl (C=O) groups excluding carboxylic acids is 1. The van der Waals surface area contributed by atoms with E-state index in [0.29, 0.717) is 15.9 Å². The van der Waals surface area contributed by atoms with Crippen molar-refractivity contribution in [3.05, 3.63) is 50.6 Å². The zero-order valence-electron chi connectivity index (χ0n) is 14.8. The second kappa shape index (κ2) is 6.64. The van der Waals surface area contributed by atoms with Crippen molar-refractivity contribution < 1.29 is 4.79 Å². The molecule has 1 unspecified atom stereocenters. The highest BCUT2D eigenvalue weighted by atomic mass is 32.1. The van der Waals surface area contributed by atoms with Crippen LogP contribution in [0.25, 0.3) is 10.2 Å². The Morgan fingerprint density at radius 1 is 1.23 bits per heavy atom. The Morgan fingerprint density at radius 3 is 2.73 bits per heavy atom. The number of hydrogen-bond acceptors (Lipinski definition) is 5. The number of rotatable bonds is 3. The molecule has 6 nitrogen and oxygen atoms in total. The van der Waals surface area contributed by atoms with Crippen LogP contribution in [0.5, 0.6) is 0 Å². The molecule has 0 fully saturated rings. The Morgan fingerprint density at radius 2 is 1.96 bits per heavy atom. The summed E-state index contributed by atoms with van der Waals surface area (Å²) in [5.74, 6) is -0.284. The van der Waals surface area contributed by atoms with Gasteiger partial charge in [0.2, 0.25) is 5.91 Å². The number of nitrogens with zero attached hydrogens (tertiary/aromatic N) is 3. The molecule has 1 amide bonds. The van der Waals surface area contributed by atoms with Gasteiger partial charge in [-0.1, -0.05) is 22.9 Å². The fourth-order valence-corrected chi connectivity index (χ4v) is 4.53. The topological polar surface area (TPSA) is 76.9 Å². The van der Waals surface area contributed by atoms with Gasteiger partial charge in [-0.2, -0.15) is 4.68 Å². The van der Waals surface area contributed by atoms with Gasteiger partial charge in [0.15, 0.2) is 4.83 Å². The smallest absolute Gasteiger partial charge is 0.279 e. The van der Waals surface area contributed by atoms with Crippen LogP contribution in [0.15, 0.2) is 29.1 Å². The molecule has 0 bridgehead atoms. The average Bonchev–Trinajstić information content (AvgIpc) is 3.02. The van der Waals surface area contributed by atoms with Crippen LogP contribution in [0, 0.1) is 6.92 Å². The highest BCUT2D eigenvalue weighted by molar-refractivity contribution is 7.18. The second-order valence-electron chi connectivity index (χ2n) is 6.76. The van der Waals surface area contributed by atoms with Gasteiger partial charge in [0.05, 0.1) is 5.39 Å². The summed E-state index contributed by atoms with van der Waals surface area (Å²) >= 11 is 1.56. The summed E-state index contributed by atoms with van der Waals surface area (Å²) < 4.78 is 1.20. The summed E-state index contributed by atoms with van der Waals surface area (Å²) in [4.78, 5) is 27.5. The van der Waals surface area contributed by atoms with E-state index in [1.807, 2.05) is 31.2 Å². The Hall–Kier alpha value is -2.54. The third kappa shape index (κ3) is 2.92. The molecule has 1 atom stereocenters. The van der Waals surface area contributed by atoms with Crippen molar-refractivity contribution in [3.8, 4) is 0 Å². The van der Waals surface area contributed by atoms with Gasteiger partial charge in [0.25, 0.3) is 5.56 Å². The quantitative estimate of drug-likeness (QED) is 0.770. The van der Waals surface area contributed by atoms with E-state index in [0.717, 1.165) is 36.8 Å². The van der Waals surface area contributed by atoms with Crippen LogP contribution in [0.1, 0.15) is 41.8 Å². The number of nitrogens with one attached hydrogen (secondary N) is 1. The number of carbonyl (C=O) groups is 1. The highest BCUT2D eigenvalue weighted by Crippen LogP contribution is 2.33. The fourth-order valence-electron chi connectivity index (χ4n) is 3.33. The Labute approximate surface area is 154 Å². The number of fused-ring (bicyclic) bond motifs is 3. The van der Waals surface area contributed by atoms with E-state index in [-0.39, 0.29) is 11.5 Å². The maximum absolute atomic E-state index is 13.0. The first-order valence-corrected chi connectivity index (χ1v) is 9.63. The molecule has 0 aliphatic heterocycles. The molecule has 0 saturated carbocycles. The third-order valence-electron chi connectivity index (χ3n) is 4.87. The van der Waals surface area contributed by atoms with Gasteiger partial charge in [-0.3, -0.25) is 9.59 Å². The van der Waals surface area contributed by atoms with Crippen molar-refractivity contribution in [2.45, 2.75) is 45.6 Å². The number of amides is 1. The van der Waals surface area contributed by atoms with E-state index in [2.05, 4.69) is 15.6 Å². The molecule has 0 radical (unpaired) electrons. The predicted octanol–water partition coefficient (Wildman–Crippen LogP) is 3.24. The summed E-state index contributed by atoms with van der Waals surface area (Å²) in [7, 11) is 0. The van der Waals surface area contributed by atoms with E-state index in [1.54, 1.807) is 18.3 Å². The summed E-state index contributed by atoms with van der Waals surface area (Å²) in [5, 5.41) is 11.7. The molecule has 7 heteroatoms. The first kappa shape index (κ1) is 16.9. The number of benzene rings is 1. The van der Waals surface area contributed by atoms with Crippen molar-refractivity contribution in [3.63, 3.8) is 0 Å². The number of anilines is 1. The van der Waals surface area contributed by atoms with Crippen molar-refractivity contribution in [1.29, 1.82) is 0 Å². The normalized spacial score (nSPS) is 14.8. The van der Waals surface area contributed by atoms with Crippen LogP contribution in [-0.2, 0) is 17.6 Å². The lowest BCUT2D eigenvalue weighted by Gasteiger charge is -2.14. The van der Waals surface area contributed by atoms with E-state index in [9.17, 15) is 9.59 Å². The zero-order valence-corrected chi connectivity index (χ0v) is 15.6. The monoisotopic (exact) mass is 368 g/mol. The van der Waals surface area contributed by atoms with Crippen LogP contribution in [0.2, 0.25) is 0 Å². The Kier molecular flexibility index (Phi) is 4.32. The molecule has 1 aliphatic rings. The Bertz CT molecular complexity index is 1040. The molecule has 1 N–H and O–H groups in total. The lowest BCUT2D eigenvalue weighted by molar-refractivity contribution is -0.119. The fraction of sp³-hybridized carbons (Fsp3) is 0.368. The molecule has 4 rings (SSSR count). The van der Waals surface area contributed by atoms with Gasteiger partial charge >= 0.3 is 0 Å². The van der Waals surface area contributed by atoms with Crippen LogP contribution < -0.4 is 10.9 Å². The molecule has 2 heterocycles. The molecular weight excluding hydrogens is 348 g/mol. The van der Waals surface area contributed by atoms with Crippen LogP contribution in [0.3, 0.4) is 0 Å². The molecule has 3 aromatic rings. The largest absolute Gasteiger partial charge is 0.324 e. The van der Waals surface area contributed by atoms with Gasteiger partial charge < -0.3 is 5.32 Å². The van der Waals surface area contributed by atoms with Gasteiger partial charge in [-0.15, -0.1) is 16.4 Å². The van der Waals surface area contributed by atoms with Crippen molar-refractivity contribution in [1.82, 2.24) is 15.0 Å². The van der Waals surface area contributed by atoms with Crippen LogP contribution in [0.4, 0.5) is 5.69 Å². The van der Waals surface area contributed by atoms with Crippen molar-refractivity contribution in [2.24, 2.45) is 0 Å². The lowest BCUT2D eigenvalue weighted by Crippen LogP contribution is -2.34. The molecule has 0 spiro atoms. The first-order valence-electron chi connectivity index (χ1n) is 8.82. The number of thiophene rings is 1. The van der Waals surface area contributed by atoms with Crippen molar-refractivity contribution >= 4 is 33.1 Å². The molecule has 0 saturated heterocycles. The third-order valence-corrected chi connectivity index (χ3v) is 6.05. The van der Waals surface area contributed by atoms with Crippen LogP contribution >= 0.6 is 11.3 Å².